The van der Waals surface area contributed by atoms with Gasteiger partial charge in [0.1, 0.15) is 30.6 Å². The summed E-state index contributed by atoms with van der Waals surface area (Å²) in [6.45, 7) is 16.0. The maximum atomic E-state index is 13.9. The zero-order chi connectivity index (χ0) is 49.2. The number of hydrogen-bond acceptors (Lipinski definition) is 15. The van der Waals surface area contributed by atoms with Gasteiger partial charge in [-0.2, -0.15) is 4.89 Å². The first-order chi connectivity index (χ1) is 32.6. The highest BCUT2D eigenvalue weighted by molar-refractivity contribution is 6.32. The lowest BCUT2D eigenvalue weighted by atomic mass is 9.92. The fourth-order valence-electron chi connectivity index (χ4n) is 8.00. The number of nitrogens with zero attached hydrogens (tertiary/aromatic N) is 1. The molecule has 0 aromatic heterocycles. The van der Waals surface area contributed by atoms with E-state index in [1.165, 1.54) is 18.7 Å². The van der Waals surface area contributed by atoms with E-state index in [1.807, 2.05) is 20.8 Å². The second kappa shape index (κ2) is 27.0. The molecule has 3 heterocycles. The normalized spacial score (nSPS) is 24.4. The van der Waals surface area contributed by atoms with Crippen LogP contribution in [0.4, 0.5) is 0 Å². The van der Waals surface area contributed by atoms with E-state index in [9.17, 15) is 24.0 Å². The number of cyclic esters (lactones) is 2. The Morgan fingerprint density at radius 1 is 0.941 bits per heavy atom. The lowest BCUT2D eigenvalue weighted by Gasteiger charge is -2.36. The summed E-state index contributed by atoms with van der Waals surface area (Å²) in [7, 11) is 1.50. The number of hydrogen-bond donors (Lipinski definition) is 3. The second-order valence-corrected chi connectivity index (χ2v) is 19.0. The van der Waals surface area contributed by atoms with Crippen molar-refractivity contribution < 1.29 is 62.2 Å². The monoisotopic (exact) mass is 970 g/mol. The number of halogens is 1. The lowest BCUT2D eigenvalue weighted by molar-refractivity contribution is -0.276. The molecular formula is C50H71ClN4O13. The van der Waals surface area contributed by atoms with E-state index < -0.39 is 53.4 Å². The molecular weight excluding hydrogens is 900 g/mol. The number of carbonyl (C=O) groups excluding carboxylic acids is 5. The molecule has 5 rings (SSSR count). The van der Waals surface area contributed by atoms with Gasteiger partial charge in [-0.3, -0.25) is 24.2 Å². The topological polar surface area (TPSA) is 202 Å². The number of nitrogens with one attached hydrogen (secondary N) is 3. The van der Waals surface area contributed by atoms with E-state index in [1.54, 1.807) is 45.0 Å². The Bertz CT molecular complexity index is 2000. The molecule has 376 valence electrons. The second-order valence-electron chi connectivity index (χ2n) is 18.5. The fourth-order valence-corrected chi connectivity index (χ4v) is 8.28. The number of ether oxygens (including phenoxy) is 6. The van der Waals surface area contributed by atoms with Crippen molar-refractivity contribution in [1.82, 2.24) is 20.9 Å². The van der Waals surface area contributed by atoms with Gasteiger partial charge in [-0.15, -0.1) is 0 Å². The zero-order valence-corrected chi connectivity index (χ0v) is 41.3. The first kappa shape index (κ1) is 54.3. The fraction of sp³-hybridized carbons (Fsp3) is 0.620. The van der Waals surface area contributed by atoms with Crippen molar-refractivity contribution in [3.8, 4) is 5.75 Å². The van der Waals surface area contributed by atoms with Gasteiger partial charge in [0.15, 0.2) is 6.10 Å². The number of carbonyl (C=O) groups is 5. The molecule has 0 bridgehead atoms. The summed E-state index contributed by atoms with van der Waals surface area (Å²) in [6.07, 6.45) is 2.09. The SMILES string of the molecule is CCC(=O)OOCCOCCOCCN1CCNCC1Cc1ccc([C@H]2O[C@@H]2[C@@H](C)[C@@H]2CC=CC(=O)N[C@H](Cc3ccc(OC)c(Cl)c3)C(=O)NCC(C)(C)C(=O)O[C@@H](CC(C)C)C(=O)O2)cc1. The van der Waals surface area contributed by atoms with Gasteiger partial charge in [0.25, 0.3) is 0 Å². The van der Waals surface area contributed by atoms with Crippen molar-refractivity contribution >= 4 is 41.3 Å². The summed E-state index contributed by atoms with van der Waals surface area (Å²) in [5, 5.41) is 9.46. The van der Waals surface area contributed by atoms with E-state index in [-0.39, 0.29) is 68.9 Å². The summed E-state index contributed by atoms with van der Waals surface area (Å²) in [5.41, 5.74) is 1.64. The number of esters is 2. The Hall–Kier alpha value is -4.62. The summed E-state index contributed by atoms with van der Waals surface area (Å²) in [5.74, 6) is -2.67. The maximum Gasteiger partial charge on any atom is 0.347 e. The molecule has 3 aliphatic heterocycles. The minimum atomic E-state index is -1.23. The van der Waals surface area contributed by atoms with E-state index in [0.717, 1.165) is 38.2 Å². The van der Waals surface area contributed by atoms with Crippen LogP contribution in [-0.2, 0) is 70.3 Å². The first-order valence-electron chi connectivity index (χ1n) is 23.7. The molecule has 2 saturated heterocycles. The molecule has 3 aliphatic rings. The Labute approximate surface area is 405 Å². The Balaban J connectivity index is 1.21. The third-order valence-electron chi connectivity index (χ3n) is 12.2. The van der Waals surface area contributed by atoms with Gasteiger partial charge in [0.05, 0.1) is 50.1 Å². The molecule has 68 heavy (non-hydrogen) atoms. The standard InChI is InChI=1S/C50H71ClN4O13/c1-8-44(57)68-64-25-24-63-23-22-62-21-20-55-19-18-52-30-37(55)27-34-12-15-36(16-13-34)46-45(67-46)33(4)40-10-9-11-43(56)54-39(29-35-14-17-41(61-7)38(51)28-35)47(58)53-31-50(5,6)49(60)66-42(26-32(2)3)48(59)65-40/h9,11-17,28,32-33,37,39-40,42,45-46,52H,8,10,18-27,29-31H2,1-7H3,(H,53,58)(H,54,56)/t33-,37?,39+,40-,42-,45+,46+/m0/s1. The molecule has 0 spiro atoms. The van der Waals surface area contributed by atoms with Crippen molar-refractivity contribution in [2.75, 3.05) is 72.9 Å². The van der Waals surface area contributed by atoms with Crippen molar-refractivity contribution in [2.24, 2.45) is 17.3 Å². The smallest absolute Gasteiger partial charge is 0.347 e. The Kier molecular flexibility index (Phi) is 21.5. The van der Waals surface area contributed by atoms with Crippen molar-refractivity contribution in [3.05, 3.63) is 76.3 Å². The number of piperazine rings is 1. The minimum Gasteiger partial charge on any atom is -0.495 e. The van der Waals surface area contributed by atoms with Crippen LogP contribution in [0.3, 0.4) is 0 Å². The number of rotatable bonds is 21. The number of epoxide rings is 1. The van der Waals surface area contributed by atoms with Crippen LogP contribution in [0.2, 0.25) is 5.02 Å². The molecule has 0 saturated carbocycles. The first-order valence-corrected chi connectivity index (χ1v) is 24.1. The highest BCUT2D eigenvalue weighted by Crippen LogP contribution is 2.45. The molecule has 2 aromatic carbocycles. The third kappa shape index (κ3) is 17.1. The molecule has 2 aromatic rings. The van der Waals surface area contributed by atoms with E-state index in [2.05, 4.69) is 50.0 Å². The quantitative estimate of drug-likeness (QED) is 0.0503. The molecule has 1 unspecified atom stereocenters. The number of amides is 2. The van der Waals surface area contributed by atoms with Crippen LogP contribution in [-0.4, -0.2) is 138 Å². The molecule has 2 fully saturated rings. The number of benzene rings is 2. The van der Waals surface area contributed by atoms with Crippen LogP contribution in [0.15, 0.2) is 54.6 Å². The summed E-state index contributed by atoms with van der Waals surface area (Å²) >= 11 is 6.38. The Morgan fingerprint density at radius 2 is 1.66 bits per heavy atom. The van der Waals surface area contributed by atoms with Crippen molar-refractivity contribution in [3.63, 3.8) is 0 Å². The molecule has 3 N–H and O–H groups in total. The summed E-state index contributed by atoms with van der Waals surface area (Å²) < 4.78 is 34.9. The van der Waals surface area contributed by atoms with E-state index >= 15 is 0 Å². The van der Waals surface area contributed by atoms with Gasteiger partial charge in [0, 0.05) is 63.9 Å². The average molecular weight is 972 g/mol. The maximum absolute atomic E-state index is 13.9. The predicted molar refractivity (Wildman–Crippen MR) is 253 cm³/mol. The van der Waals surface area contributed by atoms with Gasteiger partial charge in [0.2, 0.25) is 11.8 Å². The van der Waals surface area contributed by atoms with E-state index in [4.69, 9.17) is 44.9 Å². The van der Waals surface area contributed by atoms with Crippen LogP contribution in [0.25, 0.3) is 0 Å². The van der Waals surface area contributed by atoms with Crippen LogP contribution >= 0.6 is 11.6 Å². The molecule has 7 atom stereocenters. The molecule has 18 heteroatoms. The third-order valence-corrected chi connectivity index (χ3v) is 12.5. The van der Waals surface area contributed by atoms with E-state index in [0.29, 0.717) is 42.8 Å². The van der Waals surface area contributed by atoms with Gasteiger partial charge in [-0.1, -0.05) is 75.7 Å². The van der Waals surface area contributed by atoms with Gasteiger partial charge >= 0.3 is 17.9 Å². The van der Waals surface area contributed by atoms with Crippen LogP contribution < -0.4 is 20.7 Å². The van der Waals surface area contributed by atoms with Crippen LogP contribution in [0.1, 0.15) is 83.6 Å². The predicted octanol–water partition coefficient (Wildman–Crippen LogP) is 4.86. The average Bonchev–Trinajstić information content (AvgIpc) is 4.12. The van der Waals surface area contributed by atoms with Crippen LogP contribution in [0.5, 0.6) is 5.75 Å². The van der Waals surface area contributed by atoms with Crippen molar-refractivity contribution in [2.45, 2.75) is 110 Å². The highest BCUT2D eigenvalue weighted by atomic mass is 35.5. The largest absolute Gasteiger partial charge is 0.495 e. The summed E-state index contributed by atoms with van der Waals surface area (Å²) in [4.78, 5) is 77.6. The number of methoxy groups -OCH3 is 1. The highest BCUT2D eigenvalue weighted by Gasteiger charge is 2.48. The van der Waals surface area contributed by atoms with Crippen LogP contribution in [0, 0.1) is 17.3 Å². The Morgan fingerprint density at radius 3 is 2.37 bits per heavy atom. The molecule has 2 amide bonds. The van der Waals surface area contributed by atoms with Crippen molar-refractivity contribution in [1.29, 1.82) is 0 Å². The minimum absolute atomic E-state index is 0.0128. The van der Waals surface area contributed by atoms with Gasteiger partial charge in [-0.25, -0.2) is 9.59 Å². The van der Waals surface area contributed by atoms with Gasteiger partial charge < -0.3 is 44.4 Å². The van der Waals surface area contributed by atoms with Gasteiger partial charge in [-0.05, 0) is 67.5 Å². The lowest BCUT2D eigenvalue weighted by Crippen LogP contribution is -2.53. The zero-order valence-electron chi connectivity index (χ0n) is 40.6. The summed E-state index contributed by atoms with van der Waals surface area (Å²) in [6, 6.07) is 12.8. The molecule has 0 aliphatic carbocycles. The molecule has 0 radical (unpaired) electrons. The molecule has 17 nitrogen and oxygen atoms in total.